The molecule has 1 N–H and O–H groups in total. The molecular weight excluding hydrogens is 236 g/mol. The Hall–Kier alpha value is -1.16. The lowest BCUT2D eigenvalue weighted by atomic mass is 10.2. The predicted octanol–water partition coefficient (Wildman–Crippen LogP) is 2.01. The number of hydrogen-bond donors (Lipinski definition) is 1. The average molecular weight is 260 g/mol. The van der Waals surface area contributed by atoms with Crippen LogP contribution in [0.2, 0.25) is 0 Å². The Kier molecular flexibility index (Phi) is 6.08. The number of benzene rings is 1. The number of morpholine rings is 1. The van der Waals surface area contributed by atoms with Crippen LogP contribution in [0.15, 0.2) is 36.4 Å². The zero-order valence-corrected chi connectivity index (χ0v) is 11.7. The molecule has 0 aliphatic carbocycles. The predicted molar refractivity (Wildman–Crippen MR) is 80.2 cm³/mol. The van der Waals surface area contributed by atoms with Crippen molar-refractivity contribution in [3.63, 3.8) is 0 Å². The molecule has 0 amide bonds. The van der Waals surface area contributed by atoms with Gasteiger partial charge in [0.2, 0.25) is 0 Å². The van der Waals surface area contributed by atoms with Crippen molar-refractivity contribution in [3.05, 3.63) is 42.0 Å². The van der Waals surface area contributed by atoms with Crippen LogP contribution < -0.4 is 5.32 Å². The number of ether oxygens (including phenoxy) is 1. The van der Waals surface area contributed by atoms with E-state index in [1.807, 2.05) is 6.07 Å². The minimum Gasteiger partial charge on any atom is -0.379 e. The number of nitrogens with zero attached hydrogens (tertiary/aromatic N) is 1. The summed E-state index contributed by atoms with van der Waals surface area (Å²) in [6.07, 6.45) is 4.35. The van der Waals surface area contributed by atoms with Gasteiger partial charge in [-0.25, -0.2) is 0 Å². The molecule has 0 saturated carbocycles. The van der Waals surface area contributed by atoms with Crippen LogP contribution in [0.25, 0.3) is 6.08 Å². The largest absolute Gasteiger partial charge is 0.379 e. The highest BCUT2D eigenvalue weighted by Crippen LogP contribution is 2.01. The topological polar surface area (TPSA) is 24.5 Å². The third-order valence-corrected chi connectivity index (χ3v) is 3.33. The van der Waals surface area contributed by atoms with Gasteiger partial charge in [0.1, 0.15) is 0 Å². The Balaban J connectivity index is 1.63. The van der Waals surface area contributed by atoms with E-state index in [9.17, 15) is 0 Å². The molecule has 1 unspecified atom stereocenters. The first-order chi connectivity index (χ1) is 9.34. The lowest BCUT2D eigenvalue weighted by Crippen LogP contribution is -2.44. The maximum Gasteiger partial charge on any atom is 0.0594 e. The maximum atomic E-state index is 5.36. The van der Waals surface area contributed by atoms with Crippen LogP contribution in [0.4, 0.5) is 0 Å². The molecule has 1 aromatic rings. The number of rotatable bonds is 6. The molecule has 0 bridgehead atoms. The van der Waals surface area contributed by atoms with Gasteiger partial charge in [-0.3, -0.25) is 4.90 Å². The summed E-state index contributed by atoms with van der Waals surface area (Å²) in [5.74, 6) is 0. The van der Waals surface area contributed by atoms with Gasteiger partial charge in [-0.05, 0) is 12.5 Å². The molecule has 1 fully saturated rings. The third kappa shape index (κ3) is 5.55. The SMILES string of the molecule is CC(CN1CCOCC1)NCC=Cc1ccccc1. The standard InChI is InChI=1S/C16H24N2O/c1-15(14-18-10-12-19-13-11-18)17-9-5-8-16-6-3-2-4-7-16/h2-8,15,17H,9-14H2,1H3. The Morgan fingerprint density at radius 1 is 1.26 bits per heavy atom. The number of hydrogen-bond acceptors (Lipinski definition) is 3. The average Bonchev–Trinajstić information content (AvgIpc) is 2.46. The summed E-state index contributed by atoms with van der Waals surface area (Å²) >= 11 is 0. The van der Waals surface area contributed by atoms with Gasteiger partial charge in [-0.1, -0.05) is 42.5 Å². The van der Waals surface area contributed by atoms with Crippen molar-refractivity contribution in [2.24, 2.45) is 0 Å². The lowest BCUT2D eigenvalue weighted by molar-refractivity contribution is 0.0346. The van der Waals surface area contributed by atoms with Crippen molar-refractivity contribution < 1.29 is 4.74 Å². The van der Waals surface area contributed by atoms with E-state index in [2.05, 4.69) is 53.6 Å². The van der Waals surface area contributed by atoms with Gasteiger partial charge in [0.25, 0.3) is 0 Å². The highest BCUT2D eigenvalue weighted by atomic mass is 16.5. The molecule has 2 rings (SSSR count). The van der Waals surface area contributed by atoms with E-state index in [0.717, 1.165) is 39.4 Å². The molecule has 1 aliphatic rings. The molecule has 3 nitrogen and oxygen atoms in total. The zero-order chi connectivity index (χ0) is 13.3. The fourth-order valence-corrected chi connectivity index (χ4v) is 2.26. The zero-order valence-electron chi connectivity index (χ0n) is 11.7. The fourth-order valence-electron chi connectivity index (χ4n) is 2.26. The molecule has 0 aromatic heterocycles. The van der Waals surface area contributed by atoms with Crippen LogP contribution in [0.1, 0.15) is 12.5 Å². The van der Waals surface area contributed by atoms with E-state index < -0.39 is 0 Å². The van der Waals surface area contributed by atoms with E-state index in [-0.39, 0.29) is 0 Å². The molecular formula is C16H24N2O. The molecule has 0 radical (unpaired) electrons. The normalized spacial score (nSPS) is 18.8. The fraction of sp³-hybridized carbons (Fsp3) is 0.500. The molecule has 1 atom stereocenters. The molecule has 19 heavy (non-hydrogen) atoms. The molecule has 1 heterocycles. The first-order valence-electron chi connectivity index (χ1n) is 7.09. The monoisotopic (exact) mass is 260 g/mol. The van der Waals surface area contributed by atoms with Crippen LogP contribution in [0.3, 0.4) is 0 Å². The highest BCUT2D eigenvalue weighted by molar-refractivity contribution is 5.48. The summed E-state index contributed by atoms with van der Waals surface area (Å²) in [6.45, 7) is 8.13. The second-order valence-corrected chi connectivity index (χ2v) is 5.04. The highest BCUT2D eigenvalue weighted by Gasteiger charge is 2.12. The Morgan fingerprint density at radius 3 is 2.74 bits per heavy atom. The summed E-state index contributed by atoms with van der Waals surface area (Å²) in [5, 5.41) is 3.53. The first-order valence-corrected chi connectivity index (χ1v) is 7.09. The van der Waals surface area contributed by atoms with E-state index in [1.54, 1.807) is 0 Å². The minimum atomic E-state index is 0.513. The van der Waals surface area contributed by atoms with Gasteiger partial charge in [-0.15, -0.1) is 0 Å². The summed E-state index contributed by atoms with van der Waals surface area (Å²) in [4.78, 5) is 2.46. The van der Waals surface area contributed by atoms with E-state index >= 15 is 0 Å². The van der Waals surface area contributed by atoms with Gasteiger partial charge >= 0.3 is 0 Å². The van der Waals surface area contributed by atoms with Gasteiger partial charge < -0.3 is 10.1 Å². The molecule has 104 valence electrons. The van der Waals surface area contributed by atoms with E-state index in [0.29, 0.717) is 6.04 Å². The van der Waals surface area contributed by atoms with Crippen molar-refractivity contribution in [1.29, 1.82) is 0 Å². The molecule has 1 aliphatic heterocycles. The second kappa shape index (κ2) is 8.10. The Morgan fingerprint density at radius 2 is 2.00 bits per heavy atom. The number of nitrogens with one attached hydrogen (secondary N) is 1. The summed E-state index contributed by atoms with van der Waals surface area (Å²) in [7, 11) is 0. The van der Waals surface area contributed by atoms with Crippen LogP contribution in [-0.2, 0) is 4.74 Å². The van der Waals surface area contributed by atoms with Crippen LogP contribution in [0, 0.1) is 0 Å². The smallest absolute Gasteiger partial charge is 0.0594 e. The Labute approximate surface area is 116 Å². The molecule has 0 spiro atoms. The maximum absolute atomic E-state index is 5.36. The van der Waals surface area contributed by atoms with Gasteiger partial charge in [0, 0.05) is 32.2 Å². The van der Waals surface area contributed by atoms with Gasteiger partial charge in [0.05, 0.1) is 13.2 Å². The lowest BCUT2D eigenvalue weighted by Gasteiger charge is -2.29. The van der Waals surface area contributed by atoms with E-state index in [4.69, 9.17) is 4.74 Å². The van der Waals surface area contributed by atoms with Crippen molar-refractivity contribution >= 4 is 6.08 Å². The molecule has 1 saturated heterocycles. The van der Waals surface area contributed by atoms with Crippen LogP contribution in [-0.4, -0.2) is 50.3 Å². The van der Waals surface area contributed by atoms with Crippen LogP contribution >= 0.6 is 0 Å². The van der Waals surface area contributed by atoms with Gasteiger partial charge in [0.15, 0.2) is 0 Å². The van der Waals surface area contributed by atoms with Crippen molar-refractivity contribution in [3.8, 4) is 0 Å². The van der Waals surface area contributed by atoms with Crippen molar-refractivity contribution in [1.82, 2.24) is 10.2 Å². The quantitative estimate of drug-likeness (QED) is 0.847. The molecule has 3 heteroatoms. The van der Waals surface area contributed by atoms with E-state index in [1.165, 1.54) is 5.56 Å². The van der Waals surface area contributed by atoms with Crippen LogP contribution in [0.5, 0.6) is 0 Å². The summed E-state index contributed by atoms with van der Waals surface area (Å²) in [5.41, 5.74) is 1.25. The summed E-state index contributed by atoms with van der Waals surface area (Å²) in [6, 6.07) is 10.9. The van der Waals surface area contributed by atoms with Crippen molar-refractivity contribution in [2.75, 3.05) is 39.4 Å². The minimum absolute atomic E-state index is 0.513. The Bertz CT molecular complexity index is 372. The summed E-state index contributed by atoms with van der Waals surface area (Å²) < 4.78 is 5.36. The van der Waals surface area contributed by atoms with Crippen molar-refractivity contribution in [2.45, 2.75) is 13.0 Å². The third-order valence-electron chi connectivity index (χ3n) is 3.33. The first kappa shape index (κ1) is 14.3. The molecule has 1 aromatic carbocycles. The van der Waals surface area contributed by atoms with Gasteiger partial charge in [-0.2, -0.15) is 0 Å². The second-order valence-electron chi connectivity index (χ2n) is 5.04.